The van der Waals surface area contributed by atoms with Crippen molar-refractivity contribution < 1.29 is 4.79 Å². The standard InChI is InChI=1S/C14H21ClN2O/c1-4-10(5-2)16-13-9-11(7-8-12(13)15)17-14(18)6-3/h7-10,16H,4-6H2,1-3H3,(H,17,18). The zero-order chi connectivity index (χ0) is 13.5. The zero-order valence-electron chi connectivity index (χ0n) is 11.2. The minimum Gasteiger partial charge on any atom is -0.381 e. The highest BCUT2D eigenvalue weighted by Crippen LogP contribution is 2.27. The van der Waals surface area contributed by atoms with E-state index >= 15 is 0 Å². The van der Waals surface area contributed by atoms with E-state index < -0.39 is 0 Å². The smallest absolute Gasteiger partial charge is 0.224 e. The van der Waals surface area contributed by atoms with E-state index in [0.29, 0.717) is 17.5 Å². The number of halogens is 1. The summed E-state index contributed by atoms with van der Waals surface area (Å²) in [6, 6.07) is 5.90. The molecule has 1 amide bonds. The second kappa shape index (κ2) is 7.27. The fraction of sp³-hybridized carbons (Fsp3) is 0.500. The van der Waals surface area contributed by atoms with Crippen LogP contribution in [0.1, 0.15) is 40.0 Å². The second-order valence-corrected chi connectivity index (χ2v) is 4.66. The molecule has 0 aromatic heterocycles. The number of anilines is 2. The first-order valence-corrected chi connectivity index (χ1v) is 6.84. The number of hydrogen-bond acceptors (Lipinski definition) is 2. The lowest BCUT2D eigenvalue weighted by Gasteiger charge is -2.18. The predicted octanol–water partition coefficient (Wildman–Crippen LogP) is 4.29. The number of carbonyl (C=O) groups is 1. The van der Waals surface area contributed by atoms with Gasteiger partial charge in [-0.3, -0.25) is 4.79 Å². The number of carbonyl (C=O) groups excluding carboxylic acids is 1. The van der Waals surface area contributed by atoms with Crippen LogP contribution >= 0.6 is 11.6 Å². The third-order valence-electron chi connectivity index (χ3n) is 2.92. The van der Waals surface area contributed by atoms with Gasteiger partial charge < -0.3 is 10.6 Å². The van der Waals surface area contributed by atoms with E-state index in [9.17, 15) is 4.79 Å². The highest BCUT2D eigenvalue weighted by Gasteiger charge is 2.08. The Bertz CT molecular complexity index is 403. The Labute approximate surface area is 114 Å². The summed E-state index contributed by atoms with van der Waals surface area (Å²) >= 11 is 6.15. The van der Waals surface area contributed by atoms with Crippen molar-refractivity contribution in [1.82, 2.24) is 0 Å². The van der Waals surface area contributed by atoms with Gasteiger partial charge in [0.05, 0.1) is 10.7 Å². The van der Waals surface area contributed by atoms with Gasteiger partial charge in [0.1, 0.15) is 0 Å². The van der Waals surface area contributed by atoms with Crippen LogP contribution in [-0.4, -0.2) is 11.9 Å². The van der Waals surface area contributed by atoms with E-state index in [4.69, 9.17) is 11.6 Å². The van der Waals surface area contributed by atoms with Crippen LogP contribution in [0, 0.1) is 0 Å². The largest absolute Gasteiger partial charge is 0.381 e. The van der Waals surface area contributed by atoms with E-state index in [2.05, 4.69) is 24.5 Å². The molecule has 3 nitrogen and oxygen atoms in total. The van der Waals surface area contributed by atoms with Crippen molar-refractivity contribution in [3.63, 3.8) is 0 Å². The average molecular weight is 269 g/mol. The van der Waals surface area contributed by atoms with Crippen LogP contribution in [0.3, 0.4) is 0 Å². The van der Waals surface area contributed by atoms with Crippen LogP contribution in [0.4, 0.5) is 11.4 Å². The molecule has 0 fully saturated rings. The predicted molar refractivity (Wildman–Crippen MR) is 78.4 cm³/mol. The molecule has 0 saturated carbocycles. The van der Waals surface area contributed by atoms with Crippen LogP contribution < -0.4 is 10.6 Å². The zero-order valence-corrected chi connectivity index (χ0v) is 12.0. The number of rotatable bonds is 6. The van der Waals surface area contributed by atoms with Crippen molar-refractivity contribution in [2.45, 2.75) is 46.1 Å². The highest BCUT2D eigenvalue weighted by atomic mass is 35.5. The fourth-order valence-electron chi connectivity index (χ4n) is 1.68. The summed E-state index contributed by atoms with van der Waals surface area (Å²) in [5.74, 6) is 0.00538. The van der Waals surface area contributed by atoms with Crippen molar-refractivity contribution in [1.29, 1.82) is 0 Å². The highest BCUT2D eigenvalue weighted by molar-refractivity contribution is 6.33. The molecule has 0 saturated heterocycles. The van der Waals surface area contributed by atoms with Gasteiger partial charge in [-0.05, 0) is 31.0 Å². The summed E-state index contributed by atoms with van der Waals surface area (Å²) in [5, 5.41) is 6.90. The Morgan fingerprint density at radius 2 is 1.94 bits per heavy atom. The third kappa shape index (κ3) is 4.22. The molecule has 2 N–H and O–H groups in total. The van der Waals surface area contributed by atoms with Gasteiger partial charge in [0.2, 0.25) is 5.91 Å². The first-order valence-electron chi connectivity index (χ1n) is 6.46. The van der Waals surface area contributed by atoms with Crippen LogP contribution in [0.2, 0.25) is 5.02 Å². The van der Waals surface area contributed by atoms with Gasteiger partial charge in [0.25, 0.3) is 0 Å². The van der Waals surface area contributed by atoms with Gasteiger partial charge in [-0.15, -0.1) is 0 Å². The summed E-state index contributed by atoms with van der Waals surface area (Å²) in [6.07, 6.45) is 2.55. The maximum absolute atomic E-state index is 11.3. The fourth-order valence-corrected chi connectivity index (χ4v) is 1.85. The Morgan fingerprint density at radius 3 is 2.50 bits per heavy atom. The number of hydrogen-bond donors (Lipinski definition) is 2. The summed E-state index contributed by atoms with van der Waals surface area (Å²) in [5.41, 5.74) is 1.65. The molecule has 100 valence electrons. The Kier molecular flexibility index (Phi) is 5.99. The number of nitrogens with one attached hydrogen (secondary N) is 2. The molecule has 0 unspecified atom stereocenters. The normalized spacial score (nSPS) is 10.5. The van der Waals surface area contributed by atoms with Crippen molar-refractivity contribution in [3.8, 4) is 0 Å². The van der Waals surface area contributed by atoms with Crippen LogP contribution in [0.5, 0.6) is 0 Å². The molecule has 0 aliphatic rings. The number of benzene rings is 1. The lowest BCUT2D eigenvalue weighted by Crippen LogP contribution is -2.17. The third-order valence-corrected chi connectivity index (χ3v) is 3.25. The summed E-state index contributed by atoms with van der Waals surface area (Å²) in [4.78, 5) is 11.3. The molecule has 1 aromatic carbocycles. The molecule has 0 bridgehead atoms. The topological polar surface area (TPSA) is 41.1 Å². The minimum absolute atomic E-state index is 0.00538. The molecular weight excluding hydrogens is 248 g/mol. The van der Waals surface area contributed by atoms with Crippen LogP contribution in [0.15, 0.2) is 18.2 Å². The molecule has 4 heteroatoms. The van der Waals surface area contributed by atoms with Crippen molar-refractivity contribution >= 4 is 28.9 Å². The molecule has 18 heavy (non-hydrogen) atoms. The Hall–Kier alpha value is -1.22. The van der Waals surface area contributed by atoms with E-state index in [0.717, 1.165) is 24.2 Å². The van der Waals surface area contributed by atoms with Gasteiger partial charge in [-0.1, -0.05) is 32.4 Å². The second-order valence-electron chi connectivity index (χ2n) is 4.25. The maximum Gasteiger partial charge on any atom is 0.224 e. The molecule has 0 aliphatic carbocycles. The molecule has 0 atom stereocenters. The maximum atomic E-state index is 11.3. The summed E-state index contributed by atoms with van der Waals surface area (Å²) in [7, 11) is 0. The van der Waals surface area contributed by atoms with Crippen molar-refractivity contribution in [2.24, 2.45) is 0 Å². The van der Waals surface area contributed by atoms with Gasteiger partial charge >= 0.3 is 0 Å². The Balaban J connectivity index is 2.83. The summed E-state index contributed by atoms with van der Waals surface area (Å²) < 4.78 is 0. The van der Waals surface area contributed by atoms with E-state index in [-0.39, 0.29) is 5.91 Å². The Morgan fingerprint density at radius 1 is 1.28 bits per heavy atom. The van der Waals surface area contributed by atoms with Crippen LogP contribution in [0.25, 0.3) is 0 Å². The van der Waals surface area contributed by atoms with Gasteiger partial charge in [-0.2, -0.15) is 0 Å². The lowest BCUT2D eigenvalue weighted by molar-refractivity contribution is -0.115. The van der Waals surface area contributed by atoms with E-state index in [1.807, 2.05) is 19.1 Å². The summed E-state index contributed by atoms with van der Waals surface area (Å²) in [6.45, 7) is 6.10. The van der Waals surface area contributed by atoms with Gasteiger partial charge in [0.15, 0.2) is 0 Å². The molecular formula is C14H21ClN2O. The van der Waals surface area contributed by atoms with Gasteiger partial charge in [-0.25, -0.2) is 0 Å². The van der Waals surface area contributed by atoms with Crippen LogP contribution in [-0.2, 0) is 4.79 Å². The molecule has 0 heterocycles. The quantitative estimate of drug-likeness (QED) is 0.808. The molecule has 1 aromatic rings. The molecule has 1 rings (SSSR count). The average Bonchev–Trinajstić information content (AvgIpc) is 2.39. The number of amides is 1. The van der Waals surface area contributed by atoms with E-state index in [1.165, 1.54) is 0 Å². The minimum atomic E-state index is 0.00538. The van der Waals surface area contributed by atoms with Gasteiger partial charge in [0, 0.05) is 18.2 Å². The molecule has 0 radical (unpaired) electrons. The van der Waals surface area contributed by atoms with Crippen molar-refractivity contribution in [3.05, 3.63) is 23.2 Å². The first kappa shape index (κ1) is 14.8. The monoisotopic (exact) mass is 268 g/mol. The lowest BCUT2D eigenvalue weighted by atomic mass is 10.1. The first-order chi connectivity index (χ1) is 8.60. The SMILES string of the molecule is CCC(=O)Nc1ccc(Cl)c(NC(CC)CC)c1. The molecule has 0 aliphatic heterocycles. The van der Waals surface area contributed by atoms with E-state index in [1.54, 1.807) is 6.07 Å². The molecule has 0 spiro atoms. The van der Waals surface area contributed by atoms with Crippen molar-refractivity contribution in [2.75, 3.05) is 10.6 Å².